The van der Waals surface area contributed by atoms with Gasteiger partial charge in [0, 0.05) is 5.54 Å². The fourth-order valence-corrected chi connectivity index (χ4v) is 1.62. The Morgan fingerprint density at radius 1 is 1.28 bits per heavy atom. The van der Waals surface area contributed by atoms with Gasteiger partial charge in [0.05, 0.1) is 5.92 Å². The third-order valence-electron chi connectivity index (χ3n) is 2.59. The van der Waals surface area contributed by atoms with E-state index in [9.17, 15) is 4.79 Å². The van der Waals surface area contributed by atoms with Crippen molar-refractivity contribution in [3.63, 3.8) is 0 Å². The van der Waals surface area contributed by atoms with Crippen molar-refractivity contribution in [2.45, 2.75) is 58.9 Å². The van der Waals surface area contributed by atoms with Crippen molar-refractivity contribution in [3.05, 3.63) is 0 Å². The summed E-state index contributed by atoms with van der Waals surface area (Å²) in [6.45, 7) is 9.40. The maximum atomic E-state index is 11.5. The zero-order valence-electron chi connectivity index (χ0n) is 12.2. The quantitative estimate of drug-likeness (QED) is 0.734. The van der Waals surface area contributed by atoms with Crippen molar-refractivity contribution in [1.82, 2.24) is 5.32 Å². The lowest BCUT2D eigenvalue weighted by atomic mass is 9.97. The second-order valence-electron chi connectivity index (χ2n) is 5.33. The summed E-state index contributed by atoms with van der Waals surface area (Å²) in [6, 6.07) is 0. The smallest absolute Gasteiger partial charge is 0.325 e. The van der Waals surface area contributed by atoms with Gasteiger partial charge in [0.25, 0.3) is 5.97 Å². The lowest BCUT2D eigenvalue weighted by Crippen LogP contribution is -2.37. The van der Waals surface area contributed by atoms with E-state index in [1.165, 1.54) is 8.05 Å². The lowest BCUT2D eigenvalue weighted by molar-refractivity contribution is -0.139. The first kappa shape index (κ1) is 23.2. The van der Waals surface area contributed by atoms with Crippen LogP contribution in [-0.2, 0) is 9.45 Å². The van der Waals surface area contributed by atoms with Gasteiger partial charge in [-0.3, -0.25) is 4.79 Å². The molecule has 0 saturated carbocycles. The average Bonchev–Trinajstić information content (AvgIpc) is 2.20. The molecule has 0 bridgehead atoms. The van der Waals surface area contributed by atoms with Crippen LogP contribution >= 0.6 is 24.8 Å². The second-order valence-corrected chi connectivity index (χ2v) is 5.33. The Morgan fingerprint density at radius 2 is 1.83 bits per heavy atom. The summed E-state index contributed by atoms with van der Waals surface area (Å²) in [5.41, 5.74) is 0.116. The van der Waals surface area contributed by atoms with Gasteiger partial charge in [-0.2, -0.15) is 0 Å². The number of nitrogens with one attached hydrogen (secondary N) is 1. The van der Waals surface area contributed by atoms with E-state index in [1.807, 2.05) is 0 Å². The first-order valence-corrected chi connectivity index (χ1v) is 6.23. The van der Waals surface area contributed by atoms with Gasteiger partial charge >= 0.3 is 8.05 Å². The molecule has 0 aliphatic heterocycles. The van der Waals surface area contributed by atoms with Crippen molar-refractivity contribution >= 4 is 38.8 Å². The van der Waals surface area contributed by atoms with Crippen molar-refractivity contribution < 1.29 is 9.45 Å². The summed E-state index contributed by atoms with van der Waals surface area (Å²) in [6.07, 6.45) is 4.02. The molecule has 0 amide bonds. The molecule has 0 saturated heterocycles. The fraction of sp³-hybridized carbons (Fsp3) is 0.917. The van der Waals surface area contributed by atoms with E-state index in [0.717, 1.165) is 32.2 Å². The predicted molar refractivity (Wildman–Crippen MR) is 84.5 cm³/mol. The molecule has 0 spiro atoms. The topological polar surface area (TPSA) is 38.3 Å². The number of hydrogen-bond acceptors (Lipinski definition) is 3. The van der Waals surface area contributed by atoms with Crippen molar-refractivity contribution in [2.75, 3.05) is 6.54 Å². The standard InChI is InChI=1S/C12H26BNO2.2ClH/c1-5-6-7-10(11(15)16-13)8-9-14-12(2,3)4;;/h10,14H,5-9,13H2,1-4H3;2*1H. The van der Waals surface area contributed by atoms with Crippen LogP contribution in [0.4, 0.5) is 0 Å². The van der Waals surface area contributed by atoms with Gasteiger partial charge in [-0.15, -0.1) is 24.8 Å². The Bertz CT molecular complexity index is 211. The van der Waals surface area contributed by atoms with Crippen LogP contribution in [0.5, 0.6) is 0 Å². The van der Waals surface area contributed by atoms with Crippen LogP contribution in [0.3, 0.4) is 0 Å². The molecule has 0 aliphatic rings. The Morgan fingerprint density at radius 3 is 2.22 bits per heavy atom. The normalized spacial score (nSPS) is 12.0. The zero-order chi connectivity index (χ0) is 12.6. The molecule has 0 aliphatic carbocycles. The van der Waals surface area contributed by atoms with Gasteiger partial charge in [0.2, 0.25) is 0 Å². The van der Waals surface area contributed by atoms with Gasteiger partial charge in [0.15, 0.2) is 0 Å². The van der Waals surface area contributed by atoms with Crippen molar-refractivity contribution in [3.8, 4) is 0 Å². The highest BCUT2D eigenvalue weighted by atomic mass is 35.5. The fourth-order valence-electron chi connectivity index (χ4n) is 1.62. The minimum absolute atomic E-state index is 0. The highest BCUT2D eigenvalue weighted by molar-refractivity contribution is 6.05. The van der Waals surface area contributed by atoms with E-state index in [0.29, 0.717) is 0 Å². The molecule has 1 unspecified atom stereocenters. The molecular weight excluding hydrogens is 272 g/mol. The first-order chi connectivity index (χ1) is 7.40. The molecule has 3 nitrogen and oxygen atoms in total. The molecule has 0 fully saturated rings. The number of rotatable bonds is 7. The van der Waals surface area contributed by atoms with Gasteiger partial charge in [0.1, 0.15) is 0 Å². The van der Waals surface area contributed by atoms with Gasteiger partial charge < -0.3 is 9.97 Å². The SMILES string of the molecule is BOC(=O)C(CCCC)CCNC(C)(C)C.Cl.Cl. The molecule has 0 heterocycles. The maximum absolute atomic E-state index is 11.5. The average molecular weight is 300 g/mol. The monoisotopic (exact) mass is 299 g/mol. The molecule has 18 heavy (non-hydrogen) atoms. The number of unbranched alkanes of at least 4 members (excludes halogenated alkanes) is 1. The predicted octanol–water partition coefficient (Wildman–Crippen LogP) is 2.51. The van der Waals surface area contributed by atoms with Crippen molar-refractivity contribution in [1.29, 1.82) is 0 Å². The summed E-state index contributed by atoms with van der Waals surface area (Å²) in [5, 5.41) is 3.40. The molecule has 0 rings (SSSR count). The molecule has 1 N–H and O–H groups in total. The van der Waals surface area contributed by atoms with Crippen LogP contribution in [-0.4, -0.2) is 26.1 Å². The van der Waals surface area contributed by atoms with E-state index in [1.54, 1.807) is 0 Å². The largest absolute Gasteiger partial charge is 0.543 e. The van der Waals surface area contributed by atoms with E-state index in [-0.39, 0.29) is 42.2 Å². The Balaban J connectivity index is -0.00000112. The summed E-state index contributed by atoms with van der Waals surface area (Å²) in [7, 11) is 1.47. The minimum atomic E-state index is -0.0656. The molecule has 0 radical (unpaired) electrons. The molecular formula is C12H28BCl2NO2. The summed E-state index contributed by atoms with van der Waals surface area (Å²) in [4.78, 5) is 11.5. The summed E-state index contributed by atoms with van der Waals surface area (Å²) >= 11 is 0. The maximum Gasteiger partial charge on any atom is 0.325 e. The van der Waals surface area contributed by atoms with E-state index in [2.05, 4.69) is 33.0 Å². The third kappa shape index (κ3) is 12.5. The first-order valence-electron chi connectivity index (χ1n) is 6.23. The molecule has 0 aromatic heterocycles. The summed E-state index contributed by atoms with van der Waals surface area (Å²) in [5.74, 6) is -0.0102. The zero-order valence-corrected chi connectivity index (χ0v) is 13.9. The van der Waals surface area contributed by atoms with Crippen molar-refractivity contribution in [2.24, 2.45) is 5.92 Å². The second kappa shape index (κ2) is 12.1. The number of carbonyl (C=O) groups excluding carboxylic acids is 1. The van der Waals surface area contributed by atoms with Gasteiger partial charge in [-0.1, -0.05) is 19.8 Å². The number of halogens is 2. The van der Waals surface area contributed by atoms with E-state index >= 15 is 0 Å². The third-order valence-corrected chi connectivity index (χ3v) is 2.59. The van der Waals surface area contributed by atoms with Crippen LogP contribution in [0, 0.1) is 5.92 Å². The summed E-state index contributed by atoms with van der Waals surface area (Å²) < 4.78 is 4.83. The van der Waals surface area contributed by atoms with E-state index in [4.69, 9.17) is 4.65 Å². The highest BCUT2D eigenvalue weighted by Crippen LogP contribution is 2.14. The van der Waals surface area contributed by atoms with Crippen LogP contribution in [0.1, 0.15) is 53.4 Å². The lowest BCUT2D eigenvalue weighted by Gasteiger charge is -2.22. The molecule has 0 aromatic carbocycles. The molecule has 6 heteroatoms. The van der Waals surface area contributed by atoms with E-state index < -0.39 is 0 Å². The van der Waals surface area contributed by atoms with Crippen LogP contribution < -0.4 is 5.32 Å². The van der Waals surface area contributed by atoms with Gasteiger partial charge in [-0.05, 0) is 40.2 Å². The van der Waals surface area contributed by atoms with Crippen LogP contribution in [0.2, 0.25) is 0 Å². The highest BCUT2D eigenvalue weighted by Gasteiger charge is 2.18. The van der Waals surface area contributed by atoms with Crippen LogP contribution in [0.15, 0.2) is 0 Å². The number of hydrogen-bond donors (Lipinski definition) is 1. The Kier molecular flexibility index (Phi) is 15.6. The van der Waals surface area contributed by atoms with Gasteiger partial charge in [-0.25, -0.2) is 0 Å². The minimum Gasteiger partial charge on any atom is -0.543 e. The molecule has 0 aromatic rings. The molecule has 1 atom stereocenters. The molecule has 110 valence electrons. The van der Waals surface area contributed by atoms with Crippen LogP contribution in [0.25, 0.3) is 0 Å². The number of carbonyl (C=O) groups is 1. The Labute approximate surface area is 125 Å². The Hall–Kier alpha value is 0.0749.